The monoisotopic (exact) mass is 397 g/mol. The van der Waals surface area contributed by atoms with Crippen LogP contribution in [0.5, 0.6) is 11.5 Å². The number of carbonyl (C=O) groups is 2. The fraction of sp³-hybridized carbons (Fsp3) is 0.263. The van der Waals surface area contributed by atoms with E-state index < -0.39 is 41.5 Å². The number of hydrogen-bond donors (Lipinski definition) is 2. The van der Waals surface area contributed by atoms with Crippen molar-refractivity contribution in [1.82, 2.24) is 5.32 Å². The van der Waals surface area contributed by atoms with Crippen LogP contribution in [0.4, 0.5) is 13.2 Å². The van der Waals surface area contributed by atoms with Crippen LogP contribution in [0, 0.1) is 0 Å². The first-order chi connectivity index (χ1) is 13.1. The molecule has 0 aliphatic carbocycles. The van der Waals surface area contributed by atoms with Crippen molar-refractivity contribution in [3.8, 4) is 11.5 Å². The number of benzene rings is 2. The molecule has 1 amide bonds. The molecular weight excluding hydrogens is 379 g/mol. The predicted molar refractivity (Wildman–Crippen MR) is 93.0 cm³/mol. The first-order valence-electron chi connectivity index (χ1n) is 8.13. The minimum atomic E-state index is -4.65. The molecule has 0 bridgehead atoms. The molecule has 2 N–H and O–H groups in total. The predicted octanol–water partition coefficient (Wildman–Crippen LogP) is 3.42. The third-order valence-electron chi connectivity index (χ3n) is 3.85. The number of carbonyl (C=O) groups excluding carboxylic acids is 1. The number of ether oxygens (including phenoxy) is 2. The number of rotatable bonds is 7. The number of nitrogens with one attached hydrogen (secondary N) is 1. The van der Waals surface area contributed by atoms with Gasteiger partial charge in [-0.05, 0) is 36.8 Å². The highest BCUT2D eigenvalue weighted by Gasteiger charge is 2.35. The first-order valence-corrected chi connectivity index (χ1v) is 8.13. The van der Waals surface area contributed by atoms with Gasteiger partial charge in [0.15, 0.2) is 12.1 Å². The third-order valence-corrected chi connectivity index (χ3v) is 3.85. The van der Waals surface area contributed by atoms with Gasteiger partial charge in [-0.2, -0.15) is 13.2 Å². The van der Waals surface area contributed by atoms with E-state index in [9.17, 15) is 27.9 Å². The average molecular weight is 397 g/mol. The zero-order valence-corrected chi connectivity index (χ0v) is 15.0. The zero-order chi connectivity index (χ0) is 20.9. The molecule has 2 rings (SSSR count). The zero-order valence-electron chi connectivity index (χ0n) is 15.0. The van der Waals surface area contributed by atoms with Gasteiger partial charge in [0.05, 0.1) is 12.7 Å². The average Bonchev–Trinajstić information content (AvgIpc) is 2.65. The van der Waals surface area contributed by atoms with Crippen molar-refractivity contribution in [2.45, 2.75) is 25.2 Å². The van der Waals surface area contributed by atoms with Gasteiger partial charge >= 0.3 is 12.1 Å². The Balaban J connectivity index is 2.15. The molecule has 2 unspecified atom stereocenters. The number of amides is 1. The highest BCUT2D eigenvalue weighted by atomic mass is 19.4. The number of carboxylic acid groups (broad SMARTS) is 1. The number of alkyl halides is 3. The molecular formula is C19H18F3NO5. The van der Waals surface area contributed by atoms with Crippen LogP contribution in [0.25, 0.3) is 0 Å². The molecule has 150 valence electrons. The number of methoxy groups -OCH3 is 1. The maximum absolute atomic E-state index is 13.0. The highest BCUT2D eigenvalue weighted by Crippen LogP contribution is 2.36. The van der Waals surface area contributed by atoms with Gasteiger partial charge in [0.25, 0.3) is 5.91 Å². The standard InChI is InChI=1S/C19H18F3NO5/c1-11(28-15-6-4-3-5-14(15)19(20,21)22)17(24)23-16(18(25)26)12-7-9-13(27-2)10-8-12/h3-11,16H,1-2H3,(H,23,24)(H,25,26). The maximum atomic E-state index is 13.0. The van der Waals surface area contributed by atoms with E-state index in [2.05, 4.69) is 5.32 Å². The van der Waals surface area contributed by atoms with Gasteiger partial charge in [-0.3, -0.25) is 4.79 Å². The van der Waals surface area contributed by atoms with E-state index >= 15 is 0 Å². The quantitative estimate of drug-likeness (QED) is 0.748. The van der Waals surface area contributed by atoms with Gasteiger partial charge in [-0.25, -0.2) is 4.79 Å². The molecule has 0 aliphatic heterocycles. The number of para-hydroxylation sites is 1. The van der Waals surface area contributed by atoms with Crippen molar-refractivity contribution < 1.29 is 37.3 Å². The Kier molecular flexibility index (Phi) is 6.50. The molecule has 9 heteroatoms. The van der Waals surface area contributed by atoms with Crippen LogP contribution >= 0.6 is 0 Å². The summed E-state index contributed by atoms with van der Waals surface area (Å²) in [6.45, 7) is 1.23. The summed E-state index contributed by atoms with van der Waals surface area (Å²) >= 11 is 0. The Morgan fingerprint density at radius 1 is 1.07 bits per heavy atom. The second kappa shape index (κ2) is 8.64. The number of hydrogen-bond acceptors (Lipinski definition) is 4. The fourth-order valence-corrected chi connectivity index (χ4v) is 2.39. The van der Waals surface area contributed by atoms with Crippen molar-refractivity contribution in [1.29, 1.82) is 0 Å². The van der Waals surface area contributed by atoms with E-state index in [0.717, 1.165) is 12.1 Å². The van der Waals surface area contributed by atoms with E-state index in [4.69, 9.17) is 9.47 Å². The Hall–Kier alpha value is -3.23. The molecule has 0 spiro atoms. The van der Waals surface area contributed by atoms with Gasteiger partial charge < -0.3 is 19.9 Å². The van der Waals surface area contributed by atoms with Crippen LogP contribution in [0.3, 0.4) is 0 Å². The topological polar surface area (TPSA) is 84.9 Å². The molecule has 2 atom stereocenters. The van der Waals surface area contributed by atoms with Gasteiger partial charge in [-0.15, -0.1) is 0 Å². The van der Waals surface area contributed by atoms with E-state index in [-0.39, 0.29) is 5.56 Å². The molecule has 0 heterocycles. The summed E-state index contributed by atoms with van der Waals surface area (Å²) in [4.78, 5) is 23.8. The van der Waals surface area contributed by atoms with Crippen LogP contribution in [0.1, 0.15) is 24.1 Å². The van der Waals surface area contributed by atoms with Gasteiger partial charge in [0, 0.05) is 0 Å². The van der Waals surface area contributed by atoms with Crippen LogP contribution in [-0.4, -0.2) is 30.2 Å². The number of carboxylic acids is 1. The van der Waals surface area contributed by atoms with E-state index in [1.54, 1.807) is 0 Å². The molecule has 0 radical (unpaired) electrons. The summed E-state index contributed by atoms with van der Waals surface area (Å²) < 4.78 is 49.2. The summed E-state index contributed by atoms with van der Waals surface area (Å²) in [5, 5.41) is 11.7. The SMILES string of the molecule is COc1ccc(C(NC(=O)C(C)Oc2ccccc2C(F)(F)F)C(=O)O)cc1. The summed E-state index contributed by atoms with van der Waals surface area (Å²) in [5.41, 5.74) is -0.760. The van der Waals surface area contributed by atoms with E-state index in [1.807, 2.05) is 0 Å². The summed E-state index contributed by atoms with van der Waals surface area (Å²) in [6.07, 6.45) is -6.01. The second-order valence-corrected chi connectivity index (χ2v) is 5.81. The highest BCUT2D eigenvalue weighted by molar-refractivity contribution is 5.87. The van der Waals surface area contributed by atoms with Crippen molar-refractivity contribution >= 4 is 11.9 Å². The van der Waals surface area contributed by atoms with Gasteiger partial charge in [0.1, 0.15) is 11.5 Å². The minimum Gasteiger partial charge on any atom is -0.497 e. The van der Waals surface area contributed by atoms with Crippen LogP contribution < -0.4 is 14.8 Å². The Morgan fingerprint density at radius 2 is 1.68 bits per heavy atom. The first kappa shape index (κ1) is 21.1. The second-order valence-electron chi connectivity index (χ2n) is 5.81. The lowest BCUT2D eigenvalue weighted by atomic mass is 10.1. The van der Waals surface area contributed by atoms with E-state index in [1.165, 1.54) is 50.4 Å². The number of aliphatic carboxylic acids is 1. The van der Waals surface area contributed by atoms with Gasteiger partial charge in [0.2, 0.25) is 0 Å². The Bertz CT molecular complexity index is 836. The summed E-state index contributed by atoms with van der Waals surface area (Å²) in [7, 11) is 1.45. The molecule has 0 saturated heterocycles. The van der Waals surface area contributed by atoms with Crippen molar-refractivity contribution in [2.24, 2.45) is 0 Å². The van der Waals surface area contributed by atoms with E-state index in [0.29, 0.717) is 5.75 Å². The molecule has 28 heavy (non-hydrogen) atoms. The molecule has 6 nitrogen and oxygen atoms in total. The van der Waals surface area contributed by atoms with Crippen LogP contribution in [0.2, 0.25) is 0 Å². The lowest BCUT2D eigenvalue weighted by molar-refractivity contribution is -0.143. The molecule has 2 aromatic rings. The third kappa shape index (κ3) is 5.15. The molecule has 2 aromatic carbocycles. The Labute approximate surface area is 158 Å². The molecule has 0 aliphatic rings. The summed E-state index contributed by atoms with van der Waals surface area (Å²) in [5.74, 6) is -2.23. The van der Waals surface area contributed by atoms with Crippen molar-refractivity contribution in [3.63, 3.8) is 0 Å². The number of halogens is 3. The van der Waals surface area contributed by atoms with Crippen LogP contribution in [-0.2, 0) is 15.8 Å². The largest absolute Gasteiger partial charge is 0.497 e. The Morgan fingerprint density at radius 3 is 2.21 bits per heavy atom. The van der Waals surface area contributed by atoms with Gasteiger partial charge in [-0.1, -0.05) is 24.3 Å². The normalized spacial score (nSPS) is 13.3. The minimum absolute atomic E-state index is 0.268. The fourth-order valence-electron chi connectivity index (χ4n) is 2.39. The smallest absolute Gasteiger partial charge is 0.419 e. The summed E-state index contributed by atoms with van der Waals surface area (Å²) in [6, 6.07) is 9.03. The van der Waals surface area contributed by atoms with Crippen LogP contribution in [0.15, 0.2) is 48.5 Å². The molecule has 0 saturated carbocycles. The van der Waals surface area contributed by atoms with Crippen molar-refractivity contribution in [3.05, 3.63) is 59.7 Å². The maximum Gasteiger partial charge on any atom is 0.419 e. The lowest BCUT2D eigenvalue weighted by Crippen LogP contribution is -2.41. The lowest BCUT2D eigenvalue weighted by Gasteiger charge is -2.21. The molecule has 0 aromatic heterocycles. The molecule has 0 fully saturated rings. The van der Waals surface area contributed by atoms with Crippen molar-refractivity contribution in [2.75, 3.05) is 7.11 Å².